The van der Waals surface area contributed by atoms with Gasteiger partial charge in [0.2, 0.25) is 0 Å². The maximum absolute atomic E-state index is 12.6. The molecule has 0 aliphatic carbocycles. The van der Waals surface area contributed by atoms with Gasteiger partial charge in [0.05, 0.1) is 35.3 Å². The Morgan fingerprint density at radius 1 is 1.00 bits per heavy atom. The van der Waals surface area contributed by atoms with Gasteiger partial charge in [-0.05, 0) is 62.4 Å². The molecule has 0 atom stereocenters. The summed E-state index contributed by atoms with van der Waals surface area (Å²) in [6.45, 7) is 7.06. The number of halogens is 1. The van der Waals surface area contributed by atoms with E-state index in [2.05, 4.69) is 15.3 Å². The van der Waals surface area contributed by atoms with E-state index < -0.39 is 0 Å². The number of carbonyl (C=O) groups is 1. The number of amides is 1. The van der Waals surface area contributed by atoms with Crippen molar-refractivity contribution in [3.8, 4) is 5.69 Å². The van der Waals surface area contributed by atoms with Crippen molar-refractivity contribution in [1.82, 2.24) is 9.78 Å². The average Bonchev–Trinajstić information content (AvgIpc) is 3.02. The van der Waals surface area contributed by atoms with Gasteiger partial charge in [-0.15, -0.1) is 0 Å². The Balaban J connectivity index is 1.43. The molecule has 1 fully saturated rings. The minimum Gasteiger partial charge on any atom is -0.378 e. The third-order valence-corrected chi connectivity index (χ3v) is 5.63. The Bertz CT molecular complexity index is 1010. The molecule has 1 N–H and O–H groups in total. The fraction of sp³-hybridized carbons (Fsp3) is 0.273. The number of benzene rings is 2. The number of ether oxygens (including phenoxy) is 1. The second-order valence-corrected chi connectivity index (χ2v) is 7.42. The number of aryl methyl sites for hydroxylation is 1. The molecule has 0 bridgehead atoms. The Hall–Kier alpha value is -2.83. The van der Waals surface area contributed by atoms with E-state index in [0.717, 1.165) is 54.8 Å². The van der Waals surface area contributed by atoms with Crippen LogP contribution in [0.2, 0.25) is 5.02 Å². The summed E-state index contributed by atoms with van der Waals surface area (Å²) in [5, 5.41) is 8.05. The van der Waals surface area contributed by atoms with Crippen LogP contribution in [0.1, 0.15) is 21.7 Å². The number of anilines is 2. The Morgan fingerprint density at radius 2 is 1.62 bits per heavy atom. The van der Waals surface area contributed by atoms with Gasteiger partial charge in [-0.2, -0.15) is 5.10 Å². The van der Waals surface area contributed by atoms with E-state index in [9.17, 15) is 4.79 Å². The monoisotopic (exact) mass is 410 g/mol. The molecule has 29 heavy (non-hydrogen) atoms. The molecule has 3 aromatic rings. The minimum atomic E-state index is -0.151. The molecule has 1 aliphatic heterocycles. The van der Waals surface area contributed by atoms with Crippen LogP contribution in [0, 0.1) is 13.8 Å². The molecule has 1 aliphatic rings. The van der Waals surface area contributed by atoms with E-state index in [1.54, 1.807) is 16.8 Å². The lowest BCUT2D eigenvalue weighted by molar-refractivity contribution is 0.102. The highest BCUT2D eigenvalue weighted by molar-refractivity contribution is 6.31. The average molecular weight is 411 g/mol. The van der Waals surface area contributed by atoms with Crippen molar-refractivity contribution in [3.05, 3.63) is 70.5 Å². The second kappa shape index (κ2) is 8.27. The third-order valence-electron chi connectivity index (χ3n) is 5.08. The Morgan fingerprint density at radius 3 is 2.21 bits per heavy atom. The molecule has 6 nitrogen and oxygen atoms in total. The molecule has 0 unspecified atom stereocenters. The Labute approximate surface area is 175 Å². The first-order valence-electron chi connectivity index (χ1n) is 9.59. The van der Waals surface area contributed by atoms with Crippen LogP contribution in [0.5, 0.6) is 0 Å². The molecule has 1 amide bonds. The molecule has 0 radical (unpaired) electrons. The van der Waals surface area contributed by atoms with Gasteiger partial charge < -0.3 is 15.0 Å². The molecular formula is C22H23ClN4O2. The summed E-state index contributed by atoms with van der Waals surface area (Å²) < 4.78 is 7.17. The van der Waals surface area contributed by atoms with Crippen molar-refractivity contribution in [2.45, 2.75) is 13.8 Å². The second-order valence-electron chi connectivity index (χ2n) is 7.04. The molecule has 1 saturated heterocycles. The largest absolute Gasteiger partial charge is 0.378 e. The highest BCUT2D eigenvalue weighted by atomic mass is 35.5. The predicted molar refractivity (Wildman–Crippen MR) is 115 cm³/mol. The van der Waals surface area contributed by atoms with E-state index in [1.807, 2.05) is 50.2 Å². The van der Waals surface area contributed by atoms with Crippen LogP contribution < -0.4 is 10.2 Å². The number of aromatic nitrogens is 2. The third kappa shape index (κ3) is 4.13. The SMILES string of the molecule is Cc1nn(-c2ccc(C(=O)Nc3ccc(N4CCOCC4)cc3)cc2)c(C)c1Cl. The van der Waals surface area contributed by atoms with Crippen molar-refractivity contribution >= 4 is 28.9 Å². The van der Waals surface area contributed by atoms with Crippen molar-refractivity contribution < 1.29 is 9.53 Å². The molecule has 150 valence electrons. The lowest BCUT2D eigenvalue weighted by Gasteiger charge is -2.28. The number of carbonyl (C=O) groups excluding carboxylic acids is 1. The highest BCUT2D eigenvalue weighted by Gasteiger charge is 2.13. The van der Waals surface area contributed by atoms with Crippen LogP contribution in [0.3, 0.4) is 0 Å². The van der Waals surface area contributed by atoms with Crippen LogP contribution in [-0.4, -0.2) is 42.0 Å². The minimum absolute atomic E-state index is 0.151. The van der Waals surface area contributed by atoms with Crippen LogP contribution in [-0.2, 0) is 4.74 Å². The van der Waals surface area contributed by atoms with Crippen molar-refractivity contribution in [3.63, 3.8) is 0 Å². The molecule has 7 heteroatoms. The first-order valence-corrected chi connectivity index (χ1v) is 9.97. The smallest absolute Gasteiger partial charge is 0.255 e. The zero-order chi connectivity index (χ0) is 20.4. The lowest BCUT2D eigenvalue weighted by Crippen LogP contribution is -2.36. The molecule has 0 saturated carbocycles. The summed E-state index contributed by atoms with van der Waals surface area (Å²) in [6, 6.07) is 15.2. The first kappa shape index (κ1) is 19.5. The molecule has 2 aromatic carbocycles. The molecular weight excluding hydrogens is 388 g/mol. The van der Waals surface area contributed by atoms with Crippen LogP contribution >= 0.6 is 11.6 Å². The summed E-state index contributed by atoms with van der Waals surface area (Å²) in [5.41, 5.74) is 5.01. The van der Waals surface area contributed by atoms with Crippen LogP contribution in [0.15, 0.2) is 48.5 Å². The van der Waals surface area contributed by atoms with Gasteiger partial charge in [0.15, 0.2) is 0 Å². The summed E-state index contributed by atoms with van der Waals surface area (Å²) in [5.74, 6) is -0.151. The van der Waals surface area contributed by atoms with Crippen LogP contribution in [0.4, 0.5) is 11.4 Å². The van der Waals surface area contributed by atoms with E-state index in [0.29, 0.717) is 10.6 Å². The number of nitrogens with zero attached hydrogens (tertiary/aromatic N) is 3. The molecule has 1 aromatic heterocycles. The number of hydrogen-bond donors (Lipinski definition) is 1. The van der Waals surface area contributed by atoms with Gasteiger partial charge in [0, 0.05) is 30.0 Å². The maximum Gasteiger partial charge on any atom is 0.255 e. The van der Waals surface area contributed by atoms with Gasteiger partial charge in [0.25, 0.3) is 5.91 Å². The summed E-state index contributed by atoms with van der Waals surface area (Å²) in [7, 11) is 0. The van der Waals surface area contributed by atoms with Crippen molar-refractivity contribution in [2.24, 2.45) is 0 Å². The highest BCUT2D eigenvalue weighted by Crippen LogP contribution is 2.23. The zero-order valence-corrected chi connectivity index (χ0v) is 17.2. The normalized spacial score (nSPS) is 14.1. The quantitative estimate of drug-likeness (QED) is 0.699. The molecule has 4 rings (SSSR count). The predicted octanol–water partition coefficient (Wildman–Crippen LogP) is 4.23. The fourth-order valence-corrected chi connectivity index (χ4v) is 3.53. The zero-order valence-electron chi connectivity index (χ0n) is 16.5. The number of rotatable bonds is 4. The topological polar surface area (TPSA) is 59.4 Å². The van der Waals surface area contributed by atoms with E-state index in [-0.39, 0.29) is 5.91 Å². The van der Waals surface area contributed by atoms with Crippen molar-refractivity contribution in [2.75, 3.05) is 36.5 Å². The summed E-state index contributed by atoms with van der Waals surface area (Å²) in [4.78, 5) is 14.9. The number of hydrogen-bond acceptors (Lipinski definition) is 4. The van der Waals surface area contributed by atoms with E-state index in [1.165, 1.54) is 0 Å². The standard InChI is InChI=1S/C22H23ClN4O2/c1-15-21(23)16(2)27(25-15)20-7-3-17(4-8-20)22(28)24-18-5-9-19(10-6-18)26-11-13-29-14-12-26/h3-10H,11-14H2,1-2H3,(H,24,28). The first-order chi connectivity index (χ1) is 14.0. The van der Waals surface area contributed by atoms with Gasteiger partial charge in [-0.25, -0.2) is 4.68 Å². The lowest BCUT2D eigenvalue weighted by atomic mass is 10.2. The Kier molecular flexibility index (Phi) is 5.56. The van der Waals surface area contributed by atoms with Gasteiger partial charge in [-0.1, -0.05) is 11.6 Å². The summed E-state index contributed by atoms with van der Waals surface area (Å²) >= 11 is 6.22. The van der Waals surface area contributed by atoms with Gasteiger partial charge in [-0.3, -0.25) is 4.79 Å². The maximum atomic E-state index is 12.6. The van der Waals surface area contributed by atoms with Crippen LogP contribution in [0.25, 0.3) is 5.69 Å². The number of morpholine rings is 1. The van der Waals surface area contributed by atoms with Gasteiger partial charge in [0.1, 0.15) is 0 Å². The summed E-state index contributed by atoms with van der Waals surface area (Å²) in [6.07, 6.45) is 0. The van der Waals surface area contributed by atoms with Gasteiger partial charge >= 0.3 is 0 Å². The molecule has 2 heterocycles. The van der Waals surface area contributed by atoms with E-state index in [4.69, 9.17) is 16.3 Å². The number of nitrogens with one attached hydrogen (secondary N) is 1. The molecule has 0 spiro atoms. The van der Waals surface area contributed by atoms with E-state index >= 15 is 0 Å². The van der Waals surface area contributed by atoms with Crippen molar-refractivity contribution in [1.29, 1.82) is 0 Å². The fourth-order valence-electron chi connectivity index (χ4n) is 3.41.